The number of hydrogen-bond donors (Lipinski definition) is 0. The Balaban J connectivity index is -0.0000000200. The fraction of sp³-hybridized carbons (Fsp3) is 0.500. The molecule has 32 valence electrons. The highest BCUT2D eigenvalue weighted by atomic mass is 16.0. The maximum Gasteiger partial charge on any atom is 0.0587 e. The molecule has 0 bridgehead atoms. The van der Waals surface area contributed by atoms with E-state index >= 15 is 0 Å². The quantitative estimate of drug-likeness (QED) is 0.360. The van der Waals surface area contributed by atoms with E-state index in [1.54, 1.807) is 6.07 Å². The summed E-state index contributed by atoms with van der Waals surface area (Å²) >= 11 is 0. The van der Waals surface area contributed by atoms with E-state index in [4.69, 9.17) is 5.26 Å². The Morgan fingerprint density at radius 2 is 1.40 bits per heavy atom. The molecule has 0 heterocycles. The summed E-state index contributed by atoms with van der Waals surface area (Å²) in [6.45, 7) is 1.43. The van der Waals surface area contributed by atoms with E-state index in [9.17, 15) is 0 Å². The molecule has 5 heavy (non-hydrogen) atoms. The Morgan fingerprint density at radius 3 is 1.40 bits per heavy atom. The fourth-order valence-corrected chi connectivity index (χ4v) is 0. The molecule has 0 aliphatic rings. The van der Waals surface area contributed by atoms with Crippen LogP contribution in [0.15, 0.2) is 0 Å². The summed E-state index contributed by atoms with van der Waals surface area (Å²) in [5.41, 5.74) is 0. The van der Waals surface area contributed by atoms with Crippen molar-refractivity contribution in [1.82, 2.24) is 0 Å². The molecule has 0 aromatic carbocycles. The van der Waals surface area contributed by atoms with Gasteiger partial charge < -0.3 is 11.0 Å². The summed E-state index contributed by atoms with van der Waals surface area (Å²) in [4.78, 5) is 0. The minimum absolute atomic E-state index is 0. The van der Waals surface area contributed by atoms with Crippen LogP contribution in [0.5, 0.6) is 0 Å². The first-order valence-corrected chi connectivity index (χ1v) is 0.724. The lowest BCUT2D eigenvalue weighted by Crippen LogP contribution is -1.10. The van der Waals surface area contributed by atoms with Crippen LogP contribution in [0.3, 0.4) is 0 Å². The number of rotatable bonds is 0. The van der Waals surface area contributed by atoms with Crippen LogP contribution < -0.4 is 0 Å². The summed E-state index contributed by atoms with van der Waals surface area (Å²) in [5, 5.41) is 7.32. The molecule has 0 unspecified atom stereocenters. The Hall–Kier alpha value is -0.590. The van der Waals surface area contributed by atoms with Gasteiger partial charge in [-0.3, -0.25) is 0 Å². The van der Waals surface area contributed by atoms with Crippen LogP contribution in [-0.4, -0.2) is 11.0 Å². The maximum atomic E-state index is 7.32. The van der Waals surface area contributed by atoms with E-state index in [0.717, 1.165) is 0 Å². The Morgan fingerprint density at radius 1 is 1.40 bits per heavy atom. The highest BCUT2D eigenvalue weighted by Gasteiger charge is 1.17. The topological polar surface area (TPSA) is 86.8 Å². The minimum atomic E-state index is 0. The lowest BCUT2D eigenvalue weighted by molar-refractivity contribution is 0.823. The summed E-state index contributed by atoms with van der Waals surface area (Å²) in [6.07, 6.45) is 0. The Kier molecular flexibility index (Phi) is 608. The monoisotopic (exact) mass is 77.0 g/mol. The Labute approximate surface area is 30.5 Å². The van der Waals surface area contributed by atoms with Crippen LogP contribution in [-0.2, 0) is 0 Å². The molecule has 0 aromatic rings. The molecule has 0 saturated heterocycles. The molecule has 0 saturated carbocycles. The molecular formula is C2H7NO2. The van der Waals surface area contributed by atoms with Crippen molar-refractivity contribution in [2.45, 2.75) is 6.92 Å². The summed E-state index contributed by atoms with van der Waals surface area (Å²) < 4.78 is 0. The van der Waals surface area contributed by atoms with Crippen molar-refractivity contribution in [1.29, 1.82) is 5.26 Å². The van der Waals surface area contributed by atoms with Gasteiger partial charge in [0.25, 0.3) is 0 Å². The van der Waals surface area contributed by atoms with Gasteiger partial charge in [-0.2, -0.15) is 5.26 Å². The molecule has 3 nitrogen and oxygen atoms in total. The average molecular weight is 77.1 g/mol. The van der Waals surface area contributed by atoms with Crippen molar-refractivity contribution in [3.8, 4) is 6.07 Å². The summed E-state index contributed by atoms with van der Waals surface area (Å²) in [7, 11) is 0. The van der Waals surface area contributed by atoms with E-state index in [1.165, 1.54) is 6.92 Å². The van der Waals surface area contributed by atoms with Gasteiger partial charge >= 0.3 is 0 Å². The predicted molar refractivity (Wildman–Crippen MR) is 18.5 cm³/mol. The lowest BCUT2D eigenvalue weighted by Gasteiger charge is -1.15. The zero-order valence-corrected chi connectivity index (χ0v) is 2.95. The van der Waals surface area contributed by atoms with Crippen molar-refractivity contribution in [3.63, 3.8) is 0 Å². The van der Waals surface area contributed by atoms with Crippen molar-refractivity contribution in [2.24, 2.45) is 0 Å². The molecule has 0 amide bonds. The van der Waals surface area contributed by atoms with Gasteiger partial charge in [-0.05, 0) is 0 Å². The minimum Gasteiger partial charge on any atom is -0.412 e. The van der Waals surface area contributed by atoms with Crippen LogP contribution in [0.25, 0.3) is 0 Å². The second-order valence-corrected chi connectivity index (χ2v) is 0.224. The fourth-order valence-electron chi connectivity index (χ4n) is 0. The molecule has 4 N–H and O–H groups in total. The van der Waals surface area contributed by atoms with Gasteiger partial charge in [-0.1, -0.05) is 0 Å². The van der Waals surface area contributed by atoms with Gasteiger partial charge in [-0.15, -0.1) is 0 Å². The SMILES string of the molecule is CC#N.O.O. The maximum absolute atomic E-state index is 7.32. The Bertz CT molecular complexity index is 29.1. The summed E-state index contributed by atoms with van der Waals surface area (Å²) in [5.74, 6) is 0. The highest BCUT2D eigenvalue weighted by molar-refractivity contribution is 4.51. The van der Waals surface area contributed by atoms with E-state index < -0.39 is 0 Å². The molecule has 0 spiro atoms. The van der Waals surface area contributed by atoms with E-state index in [1.807, 2.05) is 0 Å². The number of nitrogens with zero attached hydrogens (tertiary/aromatic N) is 1. The molecule has 0 atom stereocenters. The smallest absolute Gasteiger partial charge is 0.0587 e. The zero-order valence-electron chi connectivity index (χ0n) is 2.95. The molecule has 0 fully saturated rings. The molecule has 3 heteroatoms. The van der Waals surface area contributed by atoms with Crippen LogP contribution in [0, 0.1) is 11.3 Å². The van der Waals surface area contributed by atoms with Gasteiger partial charge in [0, 0.05) is 6.92 Å². The van der Waals surface area contributed by atoms with E-state index in [0.29, 0.717) is 0 Å². The predicted octanol–water partition coefficient (Wildman–Crippen LogP) is -1.12. The second kappa shape index (κ2) is 118. The van der Waals surface area contributed by atoms with Crippen molar-refractivity contribution < 1.29 is 11.0 Å². The molecule has 0 aliphatic heterocycles. The third-order valence-corrected chi connectivity index (χ3v) is 0. The van der Waals surface area contributed by atoms with Gasteiger partial charge in [0.2, 0.25) is 0 Å². The molecule has 0 aromatic heterocycles. The molecule has 0 aliphatic carbocycles. The second-order valence-electron chi connectivity index (χ2n) is 0.224. The lowest BCUT2D eigenvalue weighted by atomic mass is 11.0. The standard InChI is InChI=1S/C2H3N.2H2O/c1-2-3;;/h1H3;2*1H2. The van der Waals surface area contributed by atoms with Crippen LogP contribution in [0.2, 0.25) is 0 Å². The first kappa shape index (κ1) is 25.8. The zero-order chi connectivity index (χ0) is 2.71. The van der Waals surface area contributed by atoms with Crippen molar-refractivity contribution in [2.75, 3.05) is 0 Å². The number of nitriles is 1. The van der Waals surface area contributed by atoms with Gasteiger partial charge in [-0.25, -0.2) is 0 Å². The third kappa shape index (κ3) is 19.5. The summed E-state index contributed by atoms with van der Waals surface area (Å²) in [6, 6.07) is 1.75. The van der Waals surface area contributed by atoms with Crippen molar-refractivity contribution in [3.05, 3.63) is 0 Å². The van der Waals surface area contributed by atoms with Gasteiger partial charge in [0.05, 0.1) is 6.07 Å². The first-order valence-electron chi connectivity index (χ1n) is 0.724. The van der Waals surface area contributed by atoms with E-state index in [2.05, 4.69) is 0 Å². The highest BCUT2D eigenvalue weighted by Crippen LogP contribution is 1.21. The van der Waals surface area contributed by atoms with Crippen molar-refractivity contribution >= 4 is 0 Å². The van der Waals surface area contributed by atoms with Crippen LogP contribution in [0.4, 0.5) is 0 Å². The molecular weight excluding hydrogens is 70.0 g/mol. The van der Waals surface area contributed by atoms with Gasteiger partial charge in [0.15, 0.2) is 0 Å². The number of hydrogen-bond acceptors (Lipinski definition) is 1. The van der Waals surface area contributed by atoms with E-state index in [-0.39, 0.29) is 11.0 Å². The van der Waals surface area contributed by atoms with Crippen LogP contribution in [0.1, 0.15) is 6.92 Å². The largest absolute Gasteiger partial charge is 0.412 e. The molecule has 0 radical (unpaired) electrons. The average Bonchev–Trinajstić information content (AvgIpc) is 0.918. The molecule has 0 rings (SSSR count). The third-order valence-electron chi connectivity index (χ3n) is 0. The van der Waals surface area contributed by atoms with Gasteiger partial charge in [0.1, 0.15) is 0 Å². The normalized spacial score (nSPS) is 1.60. The first-order chi connectivity index (χ1) is 1.41. The van der Waals surface area contributed by atoms with Crippen LogP contribution >= 0.6 is 0 Å².